The first kappa shape index (κ1) is 23.2. The van der Waals surface area contributed by atoms with Gasteiger partial charge in [0, 0.05) is 28.7 Å². The fourth-order valence-corrected chi connectivity index (χ4v) is 4.10. The molecule has 1 saturated heterocycles. The van der Waals surface area contributed by atoms with E-state index in [2.05, 4.69) is 10.3 Å². The summed E-state index contributed by atoms with van der Waals surface area (Å²) in [4.78, 5) is 40.2. The van der Waals surface area contributed by atoms with Crippen molar-refractivity contribution < 1.29 is 23.5 Å². The van der Waals surface area contributed by atoms with Gasteiger partial charge in [0.05, 0.1) is 24.8 Å². The second-order valence-electron chi connectivity index (χ2n) is 7.54. The van der Waals surface area contributed by atoms with Crippen LogP contribution in [0.3, 0.4) is 0 Å². The Labute approximate surface area is 198 Å². The number of hydrogen-bond acceptors (Lipinski definition) is 6. The van der Waals surface area contributed by atoms with Crippen molar-refractivity contribution in [3.8, 4) is 0 Å². The number of fused-ring (bicyclic) bond motifs is 1. The molecule has 0 bridgehead atoms. The maximum absolute atomic E-state index is 12.4. The number of hydrogen-bond donors (Lipinski definition) is 2. The molecule has 0 spiro atoms. The van der Waals surface area contributed by atoms with Gasteiger partial charge in [-0.1, -0.05) is 23.2 Å². The molecule has 0 radical (unpaired) electrons. The number of aromatic amines is 1. The molecule has 1 fully saturated rings. The second-order valence-corrected chi connectivity index (χ2v) is 8.41. The van der Waals surface area contributed by atoms with Gasteiger partial charge in [0.15, 0.2) is 5.58 Å². The van der Waals surface area contributed by atoms with Crippen LogP contribution in [-0.2, 0) is 16.1 Å². The van der Waals surface area contributed by atoms with Crippen molar-refractivity contribution in [1.82, 2.24) is 15.2 Å². The molecule has 11 heteroatoms. The van der Waals surface area contributed by atoms with Crippen LogP contribution in [0, 0.1) is 0 Å². The number of benzene rings is 2. The summed E-state index contributed by atoms with van der Waals surface area (Å²) < 4.78 is 16.1. The molecule has 1 atom stereocenters. The van der Waals surface area contributed by atoms with Crippen LogP contribution in [0.15, 0.2) is 45.6 Å². The Kier molecular flexibility index (Phi) is 7.22. The standard InChI is InChI=1S/C22H21Cl2N3O6/c23-15-7-13(8-16(24)10-15)12-32-22(30)27-5-6-31-17(11-27)3-4-25-20(28)14-1-2-18-19(9-14)33-21(29)26-18/h1-2,7-10,17H,3-6,11-12H2,(H,25,28)(H,26,29). The van der Waals surface area contributed by atoms with Crippen LogP contribution < -0.4 is 11.1 Å². The molecule has 1 aliphatic rings. The molecule has 2 N–H and O–H groups in total. The van der Waals surface area contributed by atoms with Crippen molar-refractivity contribution >= 4 is 46.3 Å². The second kappa shape index (κ2) is 10.3. The van der Waals surface area contributed by atoms with Crippen molar-refractivity contribution in [3.63, 3.8) is 0 Å². The molecule has 2 heterocycles. The Morgan fingerprint density at radius 3 is 2.76 bits per heavy atom. The topological polar surface area (TPSA) is 114 Å². The van der Waals surface area contributed by atoms with Crippen molar-refractivity contribution in [2.45, 2.75) is 19.1 Å². The van der Waals surface area contributed by atoms with E-state index in [1.54, 1.807) is 35.2 Å². The normalized spacial score (nSPS) is 16.1. The summed E-state index contributed by atoms with van der Waals surface area (Å²) in [7, 11) is 0. The number of carbonyl (C=O) groups is 2. The molecule has 1 aromatic heterocycles. The van der Waals surface area contributed by atoms with Crippen LogP contribution in [-0.4, -0.2) is 54.2 Å². The van der Waals surface area contributed by atoms with Crippen LogP contribution in [0.2, 0.25) is 10.0 Å². The van der Waals surface area contributed by atoms with Gasteiger partial charge in [0.25, 0.3) is 5.91 Å². The van der Waals surface area contributed by atoms with E-state index < -0.39 is 11.8 Å². The van der Waals surface area contributed by atoms with Gasteiger partial charge in [0.2, 0.25) is 0 Å². The molecule has 0 aliphatic carbocycles. The van der Waals surface area contributed by atoms with E-state index in [1.807, 2.05) is 0 Å². The lowest BCUT2D eigenvalue weighted by molar-refractivity contribution is -0.0309. The van der Waals surface area contributed by atoms with Crippen molar-refractivity contribution in [2.24, 2.45) is 0 Å². The first-order chi connectivity index (χ1) is 15.9. The molecule has 2 aromatic carbocycles. The molecular formula is C22H21Cl2N3O6. The first-order valence-electron chi connectivity index (χ1n) is 10.3. The Balaban J connectivity index is 1.23. The van der Waals surface area contributed by atoms with Gasteiger partial charge < -0.3 is 24.1 Å². The van der Waals surface area contributed by atoms with E-state index in [4.69, 9.17) is 37.1 Å². The minimum absolute atomic E-state index is 0.0583. The third-order valence-corrected chi connectivity index (χ3v) is 5.55. The van der Waals surface area contributed by atoms with E-state index in [-0.39, 0.29) is 18.6 Å². The van der Waals surface area contributed by atoms with E-state index in [9.17, 15) is 14.4 Å². The van der Waals surface area contributed by atoms with Crippen molar-refractivity contribution in [1.29, 1.82) is 0 Å². The molecular weight excluding hydrogens is 473 g/mol. The number of morpholine rings is 1. The lowest BCUT2D eigenvalue weighted by atomic mass is 10.1. The number of oxazole rings is 1. The number of nitrogens with zero attached hydrogens (tertiary/aromatic N) is 1. The predicted molar refractivity (Wildman–Crippen MR) is 122 cm³/mol. The van der Waals surface area contributed by atoms with Gasteiger partial charge in [-0.2, -0.15) is 0 Å². The molecule has 9 nitrogen and oxygen atoms in total. The Bertz CT molecular complexity index is 1200. The third kappa shape index (κ3) is 6.07. The third-order valence-electron chi connectivity index (χ3n) is 5.12. The number of nitrogens with one attached hydrogen (secondary N) is 2. The molecule has 1 aliphatic heterocycles. The maximum Gasteiger partial charge on any atom is 0.417 e. The quantitative estimate of drug-likeness (QED) is 0.542. The average Bonchev–Trinajstić information content (AvgIpc) is 3.16. The SMILES string of the molecule is O=C(NCCC1CN(C(=O)OCc2cc(Cl)cc(Cl)c2)CCO1)c1ccc2[nH]c(=O)oc2c1. The molecule has 1 unspecified atom stereocenters. The number of aromatic nitrogens is 1. The largest absolute Gasteiger partial charge is 0.445 e. The minimum Gasteiger partial charge on any atom is -0.445 e. The van der Waals surface area contributed by atoms with Crippen LogP contribution in [0.4, 0.5) is 4.79 Å². The Hall–Kier alpha value is -3.01. The molecule has 174 valence electrons. The highest BCUT2D eigenvalue weighted by Crippen LogP contribution is 2.20. The average molecular weight is 494 g/mol. The van der Waals surface area contributed by atoms with Gasteiger partial charge >= 0.3 is 11.8 Å². The number of amides is 2. The van der Waals surface area contributed by atoms with E-state index >= 15 is 0 Å². The van der Waals surface area contributed by atoms with E-state index in [1.165, 1.54) is 6.07 Å². The number of rotatable bonds is 6. The molecule has 0 saturated carbocycles. The highest BCUT2D eigenvalue weighted by atomic mass is 35.5. The van der Waals surface area contributed by atoms with Crippen LogP contribution >= 0.6 is 23.2 Å². The van der Waals surface area contributed by atoms with Gasteiger partial charge in [-0.25, -0.2) is 9.59 Å². The smallest absolute Gasteiger partial charge is 0.417 e. The fourth-order valence-electron chi connectivity index (χ4n) is 3.53. The van der Waals surface area contributed by atoms with Gasteiger partial charge in [-0.3, -0.25) is 9.78 Å². The minimum atomic E-state index is -0.573. The van der Waals surface area contributed by atoms with Crippen LogP contribution in [0.25, 0.3) is 11.1 Å². The molecule has 3 aromatic rings. The summed E-state index contributed by atoms with van der Waals surface area (Å²) >= 11 is 11.9. The van der Waals surface area contributed by atoms with E-state index in [0.29, 0.717) is 64.9 Å². The molecule has 4 rings (SSSR count). The number of H-pyrrole nitrogens is 1. The number of ether oxygens (including phenoxy) is 2. The Morgan fingerprint density at radius 1 is 1.18 bits per heavy atom. The number of carbonyl (C=O) groups excluding carboxylic acids is 2. The van der Waals surface area contributed by atoms with Gasteiger partial charge in [-0.05, 0) is 48.4 Å². The summed E-state index contributed by atoms with van der Waals surface area (Å²) in [5.41, 5.74) is 1.92. The highest BCUT2D eigenvalue weighted by molar-refractivity contribution is 6.34. The predicted octanol–water partition coefficient (Wildman–Crippen LogP) is 3.59. The van der Waals surface area contributed by atoms with Crippen LogP contribution in [0.5, 0.6) is 0 Å². The Morgan fingerprint density at radius 2 is 1.97 bits per heavy atom. The van der Waals surface area contributed by atoms with Crippen LogP contribution in [0.1, 0.15) is 22.3 Å². The summed E-state index contributed by atoms with van der Waals surface area (Å²) in [6.45, 7) is 1.55. The van der Waals surface area contributed by atoms with E-state index in [0.717, 1.165) is 0 Å². The monoisotopic (exact) mass is 493 g/mol. The zero-order valence-electron chi connectivity index (χ0n) is 17.4. The van der Waals surface area contributed by atoms with Crippen molar-refractivity contribution in [2.75, 3.05) is 26.2 Å². The lowest BCUT2D eigenvalue weighted by Gasteiger charge is -2.32. The lowest BCUT2D eigenvalue weighted by Crippen LogP contribution is -2.46. The van der Waals surface area contributed by atoms with Gasteiger partial charge in [0.1, 0.15) is 6.61 Å². The summed E-state index contributed by atoms with van der Waals surface area (Å²) in [5, 5.41) is 3.75. The zero-order chi connectivity index (χ0) is 23.4. The van der Waals surface area contributed by atoms with Crippen molar-refractivity contribution in [3.05, 3.63) is 68.1 Å². The summed E-state index contributed by atoms with van der Waals surface area (Å²) in [6, 6.07) is 9.70. The summed E-state index contributed by atoms with van der Waals surface area (Å²) in [5.74, 6) is -0.871. The van der Waals surface area contributed by atoms with Gasteiger partial charge in [-0.15, -0.1) is 0 Å². The zero-order valence-corrected chi connectivity index (χ0v) is 18.9. The summed E-state index contributed by atoms with van der Waals surface area (Å²) in [6.07, 6.45) is -0.178. The maximum atomic E-state index is 12.4. The molecule has 33 heavy (non-hydrogen) atoms. The fraction of sp³-hybridized carbons (Fsp3) is 0.318. The number of halogens is 2. The highest BCUT2D eigenvalue weighted by Gasteiger charge is 2.25. The molecule has 2 amide bonds. The first-order valence-corrected chi connectivity index (χ1v) is 11.0.